The van der Waals surface area contributed by atoms with E-state index >= 15 is 0 Å². The molecule has 0 heterocycles. The number of carbonyl (C=O) groups is 1. The third kappa shape index (κ3) is 4.83. The molecule has 0 aliphatic heterocycles. The summed E-state index contributed by atoms with van der Waals surface area (Å²) < 4.78 is 0. The van der Waals surface area contributed by atoms with Gasteiger partial charge in [0.1, 0.15) is 0 Å². The first kappa shape index (κ1) is 16.0. The first-order chi connectivity index (χ1) is 10.1. The van der Waals surface area contributed by atoms with E-state index in [0.717, 1.165) is 24.9 Å². The van der Waals surface area contributed by atoms with Gasteiger partial charge in [-0.15, -0.1) is 0 Å². The minimum absolute atomic E-state index is 0.0378. The van der Waals surface area contributed by atoms with Crippen molar-refractivity contribution in [3.05, 3.63) is 29.8 Å². The van der Waals surface area contributed by atoms with Crippen molar-refractivity contribution in [1.29, 1.82) is 0 Å². The summed E-state index contributed by atoms with van der Waals surface area (Å²) >= 11 is 0. The molecule has 1 fully saturated rings. The number of carbonyl (C=O) groups excluding carboxylic acids is 1. The van der Waals surface area contributed by atoms with Crippen LogP contribution in [0.2, 0.25) is 0 Å². The van der Waals surface area contributed by atoms with Gasteiger partial charge in [-0.05, 0) is 44.7 Å². The molecule has 0 spiro atoms. The van der Waals surface area contributed by atoms with Gasteiger partial charge < -0.3 is 15.7 Å². The zero-order valence-corrected chi connectivity index (χ0v) is 12.9. The van der Waals surface area contributed by atoms with Crippen molar-refractivity contribution in [2.75, 3.05) is 11.9 Å². The summed E-state index contributed by atoms with van der Waals surface area (Å²) in [5, 5.41) is 16.1. The molecule has 1 aromatic rings. The van der Waals surface area contributed by atoms with Crippen LogP contribution >= 0.6 is 0 Å². The second kappa shape index (κ2) is 7.57. The molecule has 0 saturated heterocycles. The number of benzene rings is 1. The van der Waals surface area contributed by atoms with Gasteiger partial charge in [-0.25, -0.2) is 0 Å². The molecule has 1 saturated carbocycles. The van der Waals surface area contributed by atoms with Gasteiger partial charge in [0.05, 0.1) is 12.1 Å². The predicted molar refractivity (Wildman–Crippen MR) is 85.2 cm³/mol. The van der Waals surface area contributed by atoms with Crippen molar-refractivity contribution >= 4 is 11.6 Å². The van der Waals surface area contributed by atoms with E-state index in [1.54, 1.807) is 0 Å². The van der Waals surface area contributed by atoms with Crippen molar-refractivity contribution in [3.8, 4) is 0 Å². The third-order valence-corrected chi connectivity index (χ3v) is 4.27. The zero-order valence-electron chi connectivity index (χ0n) is 12.9. The van der Waals surface area contributed by atoms with Crippen molar-refractivity contribution < 1.29 is 9.90 Å². The van der Waals surface area contributed by atoms with Crippen LogP contribution in [-0.4, -0.2) is 29.7 Å². The number of anilines is 1. The van der Waals surface area contributed by atoms with Crippen LogP contribution < -0.4 is 10.6 Å². The van der Waals surface area contributed by atoms with Gasteiger partial charge >= 0.3 is 0 Å². The normalized spacial score (nSPS) is 23.6. The lowest BCUT2D eigenvalue weighted by Crippen LogP contribution is -2.43. The average Bonchev–Trinajstić information content (AvgIpc) is 2.48. The van der Waals surface area contributed by atoms with Crippen molar-refractivity contribution in [3.63, 3.8) is 0 Å². The summed E-state index contributed by atoms with van der Waals surface area (Å²) in [7, 11) is 0. The number of rotatable bonds is 5. The minimum atomic E-state index is -0.263. The Morgan fingerprint density at radius 1 is 1.29 bits per heavy atom. The molecule has 1 aliphatic rings. The highest BCUT2D eigenvalue weighted by Gasteiger charge is 2.24. The lowest BCUT2D eigenvalue weighted by atomic mass is 9.86. The van der Waals surface area contributed by atoms with Gasteiger partial charge in [-0.2, -0.15) is 0 Å². The predicted octanol–water partition coefficient (Wildman–Crippen LogP) is 2.46. The molecule has 1 aromatic carbocycles. The van der Waals surface area contributed by atoms with Gasteiger partial charge in [0, 0.05) is 12.2 Å². The Bertz CT molecular complexity index is 458. The number of hydrogen-bond donors (Lipinski definition) is 3. The Morgan fingerprint density at radius 3 is 2.62 bits per heavy atom. The van der Waals surface area contributed by atoms with E-state index in [1.807, 2.05) is 38.1 Å². The molecule has 2 rings (SSSR count). The SMILES string of the molecule is Cc1ccc(NC(=O)C(C)NCC2CCCCC2O)cc1. The molecule has 1 amide bonds. The fraction of sp³-hybridized carbons (Fsp3) is 0.588. The van der Waals surface area contributed by atoms with E-state index in [9.17, 15) is 9.90 Å². The second-order valence-electron chi connectivity index (χ2n) is 6.10. The minimum Gasteiger partial charge on any atom is -0.393 e. The number of amides is 1. The number of nitrogens with one attached hydrogen (secondary N) is 2. The molecule has 0 bridgehead atoms. The number of aryl methyl sites for hydroxylation is 1. The van der Waals surface area contributed by atoms with Crippen LogP contribution in [0.4, 0.5) is 5.69 Å². The highest BCUT2D eigenvalue weighted by Crippen LogP contribution is 2.23. The van der Waals surface area contributed by atoms with E-state index in [-0.39, 0.29) is 24.0 Å². The standard InChI is InChI=1S/C17H26N2O2/c1-12-7-9-15(10-8-12)19-17(21)13(2)18-11-14-5-3-4-6-16(14)20/h7-10,13-14,16,18,20H,3-6,11H2,1-2H3,(H,19,21). The molecular weight excluding hydrogens is 264 g/mol. The zero-order chi connectivity index (χ0) is 15.2. The van der Waals surface area contributed by atoms with Crippen LogP contribution in [-0.2, 0) is 4.79 Å². The lowest BCUT2D eigenvalue weighted by Gasteiger charge is -2.28. The van der Waals surface area contributed by atoms with E-state index in [1.165, 1.54) is 12.0 Å². The molecule has 1 aliphatic carbocycles. The topological polar surface area (TPSA) is 61.4 Å². The first-order valence-electron chi connectivity index (χ1n) is 7.85. The molecule has 3 atom stereocenters. The highest BCUT2D eigenvalue weighted by molar-refractivity contribution is 5.94. The van der Waals surface area contributed by atoms with E-state index in [2.05, 4.69) is 10.6 Å². The molecule has 4 nitrogen and oxygen atoms in total. The summed E-state index contributed by atoms with van der Waals surface area (Å²) in [5.74, 6) is 0.234. The maximum absolute atomic E-state index is 12.1. The van der Waals surface area contributed by atoms with Crippen molar-refractivity contribution in [2.45, 2.75) is 51.7 Å². The highest BCUT2D eigenvalue weighted by atomic mass is 16.3. The van der Waals surface area contributed by atoms with Gasteiger partial charge in [0.15, 0.2) is 0 Å². The van der Waals surface area contributed by atoms with Crippen LogP contribution in [0.5, 0.6) is 0 Å². The molecule has 116 valence electrons. The molecule has 3 N–H and O–H groups in total. The Morgan fingerprint density at radius 2 is 1.95 bits per heavy atom. The smallest absolute Gasteiger partial charge is 0.241 e. The molecule has 21 heavy (non-hydrogen) atoms. The Hall–Kier alpha value is -1.39. The Labute approximate surface area is 126 Å². The summed E-state index contributed by atoms with van der Waals surface area (Å²) in [6.07, 6.45) is 3.99. The number of aliphatic hydroxyl groups excluding tert-OH is 1. The molecule has 3 unspecified atom stereocenters. The Kier molecular flexibility index (Phi) is 5.76. The van der Waals surface area contributed by atoms with Crippen LogP contribution in [0, 0.1) is 12.8 Å². The molecular formula is C17H26N2O2. The van der Waals surface area contributed by atoms with Gasteiger partial charge in [-0.1, -0.05) is 30.5 Å². The largest absolute Gasteiger partial charge is 0.393 e. The fourth-order valence-corrected chi connectivity index (χ4v) is 2.73. The third-order valence-electron chi connectivity index (χ3n) is 4.27. The van der Waals surface area contributed by atoms with E-state index in [0.29, 0.717) is 6.54 Å². The fourth-order valence-electron chi connectivity index (χ4n) is 2.73. The average molecular weight is 290 g/mol. The maximum atomic E-state index is 12.1. The second-order valence-corrected chi connectivity index (χ2v) is 6.10. The summed E-state index contributed by atoms with van der Waals surface area (Å²) in [4.78, 5) is 12.1. The quantitative estimate of drug-likeness (QED) is 0.780. The Balaban J connectivity index is 1.78. The maximum Gasteiger partial charge on any atom is 0.241 e. The van der Waals surface area contributed by atoms with E-state index in [4.69, 9.17) is 0 Å². The molecule has 0 aromatic heterocycles. The van der Waals surface area contributed by atoms with Gasteiger partial charge in [-0.3, -0.25) is 4.79 Å². The van der Waals surface area contributed by atoms with Gasteiger partial charge in [0.25, 0.3) is 0 Å². The summed E-state index contributed by atoms with van der Waals surface area (Å²) in [5.41, 5.74) is 1.99. The lowest BCUT2D eigenvalue weighted by molar-refractivity contribution is -0.117. The summed E-state index contributed by atoms with van der Waals surface area (Å²) in [6.45, 7) is 4.58. The summed E-state index contributed by atoms with van der Waals surface area (Å²) in [6, 6.07) is 7.51. The van der Waals surface area contributed by atoms with Gasteiger partial charge in [0.2, 0.25) is 5.91 Å². The molecule has 0 radical (unpaired) electrons. The number of hydrogen-bond acceptors (Lipinski definition) is 3. The number of aliphatic hydroxyl groups is 1. The van der Waals surface area contributed by atoms with Crippen LogP contribution in [0.3, 0.4) is 0 Å². The van der Waals surface area contributed by atoms with Crippen LogP contribution in [0.1, 0.15) is 38.2 Å². The molecule has 4 heteroatoms. The van der Waals surface area contributed by atoms with Crippen molar-refractivity contribution in [1.82, 2.24) is 5.32 Å². The first-order valence-corrected chi connectivity index (χ1v) is 7.85. The van der Waals surface area contributed by atoms with Crippen LogP contribution in [0.25, 0.3) is 0 Å². The monoisotopic (exact) mass is 290 g/mol. The van der Waals surface area contributed by atoms with E-state index < -0.39 is 0 Å². The van der Waals surface area contributed by atoms with Crippen molar-refractivity contribution in [2.24, 2.45) is 5.92 Å². The van der Waals surface area contributed by atoms with Crippen LogP contribution in [0.15, 0.2) is 24.3 Å².